The van der Waals surface area contributed by atoms with Gasteiger partial charge in [0.15, 0.2) is 0 Å². The van der Waals surface area contributed by atoms with E-state index in [1.165, 1.54) is 7.11 Å². The van der Waals surface area contributed by atoms with Gasteiger partial charge in [-0.25, -0.2) is 0 Å². The molecule has 6 heteroatoms. The summed E-state index contributed by atoms with van der Waals surface area (Å²) < 4.78 is 9.86. The van der Waals surface area contributed by atoms with E-state index < -0.39 is 5.60 Å². The highest BCUT2D eigenvalue weighted by Gasteiger charge is 2.29. The molecule has 1 heterocycles. The number of ketones is 1. The summed E-state index contributed by atoms with van der Waals surface area (Å²) in [5, 5.41) is 0. The highest BCUT2D eigenvalue weighted by molar-refractivity contribution is 5.83. The van der Waals surface area contributed by atoms with Crippen LogP contribution in [0.4, 0.5) is 0 Å². The fraction of sp³-hybridized carbons (Fsp3) is 0.800. The van der Waals surface area contributed by atoms with Gasteiger partial charge in [-0.1, -0.05) is 0 Å². The molecule has 1 rings (SSSR count). The number of rotatable bonds is 5. The van der Waals surface area contributed by atoms with Crippen molar-refractivity contribution in [2.24, 2.45) is 5.92 Å². The summed E-state index contributed by atoms with van der Waals surface area (Å²) in [4.78, 5) is 36.7. The third kappa shape index (κ3) is 6.71. The largest absolute Gasteiger partial charge is 0.469 e. The Hall–Kier alpha value is -1.43. The van der Waals surface area contributed by atoms with Crippen LogP contribution in [0.3, 0.4) is 0 Å². The number of ether oxygens (including phenoxy) is 2. The van der Waals surface area contributed by atoms with E-state index in [-0.39, 0.29) is 36.6 Å². The highest BCUT2D eigenvalue weighted by Crippen LogP contribution is 2.18. The number of nitrogens with zero attached hydrogens (tertiary/aromatic N) is 1. The molecule has 1 saturated heterocycles. The number of carbonyl (C=O) groups is 3. The van der Waals surface area contributed by atoms with Crippen LogP contribution in [0.25, 0.3) is 0 Å². The normalized spacial score (nSPS) is 20.2. The van der Waals surface area contributed by atoms with E-state index in [0.717, 1.165) is 0 Å². The van der Waals surface area contributed by atoms with Gasteiger partial charge in [-0.15, -0.1) is 0 Å². The van der Waals surface area contributed by atoms with Crippen LogP contribution in [0.15, 0.2) is 0 Å². The molecule has 0 aromatic carbocycles. The molecule has 0 N–H and O–H groups in total. The lowest BCUT2D eigenvalue weighted by molar-refractivity contribution is -0.157. The van der Waals surface area contributed by atoms with E-state index in [2.05, 4.69) is 4.74 Å². The van der Waals surface area contributed by atoms with Gasteiger partial charge in [0.1, 0.15) is 11.4 Å². The van der Waals surface area contributed by atoms with Crippen molar-refractivity contribution in [2.75, 3.05) is 26.7 Å². The van der Waals surface area contributed by atoms with Crippen LogP contribution in [0.1, 0.15) is 40.0 Å². The first-order chi connectivity index (χ1) is 9.71. The zero-order valence-electron chi connectivity index (χ0n) is 13.3. The van der Waals surface area contributed by atoms with Gasteiger partial charge in [0.25, 0.3) is 0 Å². The van der Waals surface area contributed by atoms with E-state index in [1.807, 2.05) is 25.7 Å². The summed E-state index contributed by atoms with van der Waals surface area (Å²) >= 11 is 0. The molecule has 0 aromatic rings. The monoisotopic (exact) mass is 299 g/mol. The summed E-state index contributed by atoms with van der Waals surface area (Å²) in [6.07, 6.45) is 1.11. The van der Waals surface area contributed by atoms with Crippen molar-refractivity contribution in [3.8, 4) is 0 Å². The van der Waals surface area contributed by atoms with Crippen molar-refractivity contribution in [1.29, 1.82) is 0 Å². The van der Waals surface area contributed by atoms with Crippen molar-refractivity contribution in [3.05, 3.63) is 0 Å². The van der Waals surface area contributed by atoms with Gasteiger partial charge in [0, 0.05) is 31.8 Å². The van der Waals surface area contributed by atoms with Crippen LogP contribution < -0.4 is 0 Å². The van der Waals surface area contributed by atoms with Gasteiger partial charge in [0.2, 0.25) is 0 Å². The van der Waals surface area contributed by atoms with Crippen molar-refractivity contribution < 1.29 is 23.9 Å². The Morgan fingerprint density at radius 3 is 2.52 bits per heavy atom. The summed E-state index contributed by atoms with van der Waals surface area (Å²) in [5.41, 5.74) is -0.507. The fourth-order valence-corrected chi connectivity index (χ4v) is 2.32. The SMILES string of the molecule is COC(=O)CCC1CN(CC(=O)OC(C)(C)C)CCC1=O. The predicted octanol–water partition coefficient (Wildman–Crippen LogP) is 1.17. The van der Waals surface area contributed by atoms with E-state index in [4.69, 9.17) is 4.74 Å². The van der Waals surface area contributed by atoms with E-state index in [0.29, 0.717) is 25.9 Å². The molecule has 0 radical (unpaired) electrons. The number of piperidine rings is 1. The zero-order chi connectivity index (χ0) is 16.0. The molecule has 0 aliphatic carbocycles. The Balaban J connectivity index is 2.45. The van der Waals surface area contributed by atoms with Crippen LogP contribution in [0.2, 0.25) is 0 Å². The molecule has 1 aliphatic rings. The standard InChI is InChI=1S/C15H25NO5/c1-15(2,3)21-14(19)10-16-8-7-12(17)11(9-16)5-6-13(18)20-4/h11H,5-10H2,1-4H3. The van der Waals surface area contributed by atoms with Crippen molar-refractivity contribution in [2.45, 2.75) is 45.6 Å². The lowest BCUT2D eigenvalue weighted by Gasteiger charge is -2.31. The first-order valence-corrected chi connectivity index (χ1v) is 7.25. The van der Waals surface area contributed by atoms with Gasteiger partial charge in [0.05, 0.1) is 13.7 Å². The third-order valence-electron chi connectivity index (χ3n) is 3.31. The number of carbonyl (C=O) groups excluding carboxylic acids is 3. The summed E-state index contributed by atoms with van der Waals surface area (Å²) in [6.45, 7) is 6.71. The maximum atomic E-state index is 11.9. The molecule has 0 amide bonds. The molecule has 120 valence electrons. The van der Waals surface area contributed by atoms with Crippen LogP contribution in [0, 0.1) is 5.92 Å². The lowest BCUT2D eigenvalue weighted by Crippen LogP contribution is -2.44. The molecule has 0 aromatic heterocycles. The molecule has 1 atom stereocenters. The Bertz CT molecular complexity index is 399. The van der Waals surface area contributed by atoms with Crippen LogP contribution in [0.5, 0.6) is 0 Å². The Kier molecular flexibility index (Phi) is 6.33. The van der Waals surface area contributed by atoms with Gasteiger partial charge < -0.3 is 9.47 Å². The Morgan fingerprint density at radius 1 is 1.29 bits per heavy atom. The van der Waals surface area contributed by atoms with E-state index >= 15 is 0 Å². The number of methoxy groups -OCH3 is 1. The average Bonchev–Trinajstić information content (AvgIpc) is 2.36. The Morgan fingerprint density at radius 2 is 1.95 bits per heavy atom. The number of hydrogen-bond donors (Lipinski definition) is 0. The minimum atomic E-state index is -0.507. The molecule has 0 saturated carbocycles. The fourth-order valence-electron chi connectivity index (χ4n) is 2.32. The molecule has 21 heavy (non-hydrogen) atoms. The topological polar surface area (TPSA) is 72.9 Å². The molecule has 0 bridgehead atoms. The first kappa shape index (κ1) is 17.6. The summed E-state index contributed by atoms with van der Waals surface area (Å²) in [5.74, 6) is -0.657. The van der Waals surface area contributed by atoms with Gasteiger partial charge >= 0.3 is 11.9 Å². The maximum absolute atomic E-state index is 11.9. The van der Waals surface area contributed by atoms with Crippen molar-refractivity contribution in [1.82, 2.24) is 4.90 Å². The minimum absolute atomic E-state index is 0.152. The van der Waals surface area contributed by atoms with Gasteiger partial charge in [-0.05, 0) is 27.2 Å². The van der Waals surface area contributed by atoms with Crippen molar-refractivity contribution >= 4 is 17.7 Å². The summed E-state index contributed by atoms with van der Waals surface area (Å²) in [6, 6.07) is 0. The lowest BCUT2D eigenvalue weighted by atomic mass is 9.92. The quantitative estimate of drug-likeness (QED) is 0.710. The zero-order valence-corrected chi connectivity index (χ0v) is 13.3. The molecule has 6 nitrogen and oxygen atoms in total. The second-order valence-electron chi connectivity index (χ2n) is 6.35. The second-order valence-corrected chi connectivity index (χ2v) is 6.35. The van der Waals surface area contributed by atoms with Crippen LogP contribution in [-0.4, -0.2) is 55.0 Å². The van der Waals surface area contributed by atoms with E-state index in [1.54, 1.807) is 0 Å². The number of likely N-dealkylation sites (tertiary alicyclic amines) is 1. The van der Waals surface area contributed by atoms with Crippen LogP contribution in [-0.2, 0) is 23.9 Å². The number of Topliss-reactive ketones (excluding diaryl/α,β-unsaturated/α-hetero) is 1. The van der Waals surface area contributed by atoms with Crippen LogP contribution >= 0.6 is 0 Å². The second kappa shape index (κ2) is 7.54. The smallest absolute Gasteiger partial charge is 0.320 e. The minimum Gasteiger partial charge on any atom is -0.469 e. The summed E-state index contributed by atoms with van der Waals surface area (Å²) in [7, 11) is 1.33. The molecular weight excluding hydrogens is 274 g/mol. The predicted molar refractivity (Wildman–Crippen MR) is 76.6 cm³/mol. The van der Waals surface area contributed by atoms with Gasteiger partial charge in [-0.2, -0.15) is 0 Å². The first-order valence-electron chi connectivity index (χ1n) is 7.25. The highest BCUT2D eigenvalue weighted by atomic mass is 16.6. The number of esters is 2. The maximum Gasteiger partial charge on any atom is 0.320 e. The van der Waals surface area contributed by atoms with Crippen molar-refractivity contribution in [3.63, 3.8) is 0 Å². The van der Waals surface area contributed by atoms with Gasteiger partial charge in [-0.3, -0.25) is 19.3 Å². The van der Waals surface area contributed by atoms with E-state index in [9.17, 15) is 14.4 Å². The third-order valence-corrected chi connectivity index (χ3v) is 3.31. The molecule has 0 spiro atoms. The Labute approximate surface area is 125 Å². The molecule has 1 unspecified atom stereocenters. The molecular formula is C15H25NO5. The average molecular weight is 299 g/mol. The molecule has 1 fully saturated rings. The number of hydrogen-bond acceptors (Lipinski definition) is 6. The molecule has 1 aliphatic heterocycles.